The van der Waals surface area contributed by atoms with Crippen molar-refractivity contribution in [1.29, 1.82) is 0 Å². The summed E-state index contributed by atoms with van der Waals surface area (Å²) in [6.07, 6.45) is 22.6. The van der Waals surface area contributed by atoms with Gasteiger partial charge >= 0.3 is 0 Å². The maximum atomic E-state index is 5.51. The van der Waals surface area contributed by atoms with Crippen molar-refractivity contribution in [3.8, 4) is 0 Å². The minimum absolute atomic E-state index is 0. The lowest BCUT2D eigenvalue weighted by atomic mass is 10.0. The van der Waals surface area contributed by atoms with Crippen molar-refractivity contribution in [2.75, 3.05) is 26.2 Å². The van der Waals surface area contributed by atoms with Crippen molar-refractivity contribution in [3.05, 3.63) is 0 Å². The standard InChI is InChI=1S/C21H45N3.ClH/c22-17-13-18-23-19-14-20-24-21-15-11-9-7-5-3-1-2-4-6-8-10-12-16-21;/h21,23-24H,1-20,22H2;1H. The summed E-state index contributed by atoms with van der Waals surface area (Å²) >= 11 is 0. The van der Waals surface area contributed by atoms with E-state index in [4.69, 9.17) is 5.73 Å². The van der Waals surface area contributed by atoms with Crippen LogP contribution in [0.3, 0.4) is 0 Å². The van der Waals surface area contributed by atoms with Gasteiger partial charge in [0.25, 0.3) is 0 Å². The second kappa shape index (κ2) is 20.5. The van der Waals surface area contributed by atoms with E-state index in [2.05, 4.69) is 10.6 Å². The third-order valence-corrected chi connectivity index (χ3v) is 5.38. The van der Waals surface area contributed by atoms with Crippen LogP contribution in [0.2, 0.25) is 0 Å². The molecule has 0 heterocycles. The van der Waals surface area contributed by atoms with E-state index < -0.39 is 0 Å². The lowest BCUT2D eigenvalue weighted by Crippen LogP contribution is -2.32. The Morgan fingerprint density at radius 1 is 0.600 bits per heavy atom. The first-order valence-electron chi connectivity index (χ1n) is 11.1. The highest BCUT2D eigenvalue weighted by Crippen LogP contribution is 2.17. The zero-order valence-electron chi connectivity index (χ0n) is 16.7. The van der Waals surface area contributed by atoms with Crippen molar-refractivity contribution >= 4 is 12.4 Å². The van der Waals surface area contributed by atoms with Gasteiger partial charge in [-0.05, 0) is 51.9 Å². The Morgan fingerprint density at radius 3 is 1.52 bits per heavy atom. The van der Waals surface area contributed by atoms with E-state index in [1.165, 1.54) is 103 Å². The van der Waals surface area contributed by atoms with E-state index in [0.29, 0.717) is 0 Å². The number of nitrogens with one attached hydrogen (secondary N) is 2. The molecule has 0 radical (unpaired) electrons. The summed E-state index contributed by atoms with van der Waals surface area (Å²) in [6.45, 7) is 4.16. The van der Waals surface area contributed by atoms with Crippen molar-refractivity contribution < 1.29 is 0 Å². The van der Waals surface area contributed by atoms with Gasteiger partial charge in [-0.25, -0.2) is 0 Å². The highest BCUT2D eigenvalue weighted by Gasteiger charge is 2.08. The Labute approximate surface area is 164 Å². The van der Waals surface area contributed by atoms with Crippen LogP contribution in [0.1, 0.15) is 103 Å². The molecule has 0 unspecified atom stereocenters. The lowest BCUT2D eigenvalue weighted by Gasteiger charge is -2.19. The topological polar surface area (TPSA) is 50.1 Å². The van der Waals surface area contributed by atoms with Crippen LogP contribution in [0.5, 0.6) is 0 Å². The molecule has 0 bridgehead atoms. The molecule has 0 atom stereocenters. The molecule has 0 spiro atoms. The second-order valence-corrected chi connectivity index (χ2v) is 7.72. The van der Waals surface area contributed by atoms with Crippen LogP contribution in [0.4, 0.5) is 0 Å². The number of hydrogen-bond acceptors (Lipinski definition) is 3. The summed E-state index contributed by atoms with van der Waals surface area (Å²) < 4.78 is 0. The monoisotopic (exact) mass is 375 g/mol. The fraction of sp³-hybridized carbons (Fsp3) is 1.00. The highest BCUT2D eigenvalue weighted by molar-refractivity contribution is 5.85. The summed E-state index contributed by atoms with van der Waals surface area (Å²) in [6, 6.07) is 0.763. The summed E-state index contributed by atoms with van der Waals surface area (Å²) in [5, 5.41) is 7.32. The molecule has 1 rings (SSSR count). The van der Waals surface area contributed by atoms with Gasteiger partial charge in [0, 0.05) is 6.04 Å². The van der Waals surface area contributed by atoms with Gasteiger partial charge in [-0.3, -0.25) is 0 Å². The van der Waals surface area contributed by atoms with Gasteiger partial charge in [-0.2, -0.15) is 0 Å². The lowest BCUT2D eigenvalue weighted by molar-refractivity contribution is 0.409. The third kappa shape index (κ3) is 17.3. The first-order valence-corrected chi connectivity index (χ1v) is 11.1. The average molecular weight is 376 g/mol. The summed E-state index contributed by atoms with van der Waals surface area (Å²) in [4.78, 5) is 0. The molecule has 3 nitrogen and oxygen atoms in total. The van der Waals surface area contributed by atoms with E-state index in [9.17, 15) is 0 Å². The Hall–Kier alpha value is 0.170. The third-order valence-electron chi connectivity index (χ3n) is 5.38. The normalized spacial score (nSPS) is 19.6. The Kier molecular flexibility index (Phi) is 20.6. The summed E-state index contributed by atoms with van der Waals surface area (Å²) in [5.41, 5.74) is 5.51. The molecule has 0 aromatic heterocycles. The van der Waals surface area contributed by atoms with E-state index in [-0.39, 0.29) is 12.4 Å². The van der Waals surface area contributed by atoms with Gasteiger partial charge in [-0.1, -0.05) is 77.0 Å². The van der Waals surface area contributed by atoms with Gasteiger partial charge < -0.3 is 16.4 Å². The Bertz CT molecular complexity index is 235. The molecule has 0 aromatic carbocycles. The van der Waals surface area contributed by atoms with Crippen LogP contribution in [0, 0.1) is 0 Å². The molecule has 0 aliphatic heterocycles. The fourth-order valence-corrected chi connectivity index (χ4v) is 3.77. The smallest absolute Gasteiger partial charge is 0.00670 e. The van der Waals surface area contributed by atoms with E-state index >= 15 is 0 Å². The molecular weight excluding hydrogens is 330 g/mol. The second-order valence-electron chi connectivity index (χ2n) is 7.72. The van der Waals surface area contributed by atoms with Crippen molar-refractivity contribution in [2.24, 2.45) is 5.73 Å². The summed E-state index contributed by atoms with van der Waals surface area (Å²) in [7, 11) is 0. The van der Waals surface area contributed by atoms with E-state index in [1.807, 2.05) is 0 Å². The zero-order chi connectivity index (χ0) is 17.1. The molecule has 4 N–H and O–H groups in total. The van der Waals surface area contributed by atoms with Gasteiger partial charge in [0.05, 0.1) is 0 Å². The van der Waals surface area contributed by atoms with Crippen molar-refractivity contribution in [1.82, 2.24) is 10.6 Å². The Balaban J connectivity index is 0.00000576. The molecule has 1 fully saturated rings. The largest absolute Gasteiger partial charge is 0.330 e. The van der Waals surface area contributed by atoms with Gasteiger partial charge in [0.2, 0.25) is 0 Å². The molecule has 1 aliphatic carbocycles. The molecule has 0 saturated heterocycles. The van der Waals surface area contributed by atoms with E-state index in [1.54, 1.807) is 0 Å². The number of hydrogen-bond donors (Lipinski definition) is 3. The van der Waals surface area contributed by atoms with Crippen LogP contribution < -0.4 is 16.4 Å². The maximum Gasteiger partial charge on any atom is 0.00670 e. The first-order chi connectivity index (χ1) is 11.9. The molecular formula is C21H46ClN3. The minimum Gasteiger partial charge on any atom is -0.330 e. The maximum absolute atomic E-state index is 5.51. The number of halogens is 1. The molecule has 0 amide bonds. The Morgan fingerprint density at radius 2 is 1.04 bits per heavy atom. The van der Waals surface area contributed by atoms with Crippen molar-refractivity contribution in [3.63, 3.8) is 0 Å². The predicted octanol–water partition coefficient (Wildman–Crippen LogP) is 5.17. The summed E-state index contributed by atoms with van der Waals surface area (Å²) in [5.74, 6) is 0. The van der Waals surface area contributed by atoms with Gasteiger partial charge in [0.1, 0.15) is 0 Å². The zero-order valence-corrected chi connectivity index (χ0v) is 17.5. The molecule has 0 aromatic rings. The minimum atomic E-state index is 0. The van der Waals surface area contributed by atoms with Crippen molar-refractivity contribution in [2.45, 2.75) is 109 Å². The van der Waals surface area contributed by atoms with E-state index in [0.717, 1.165) is 32.1 Å². The average Bonchev–Trinajstić information content (AvgIpc) is 2.60. The SMILES string of the molecule is Cl.NCCCNCCCNC1CCCCCCCCCCCCCC1. The molecule has 4 heteroatoms. The fourth-order valence-electron chi connectivity index (χ4n) is 3.77. The number of rotatable bonds is 8. The van der Waals surface area contributed by atoms with Crippen LogP contribution in [-0.2, 0) is 0 Å². The molecule has 25 heavy (non-hydrogen) atoms. The van der Waals surface area contributed by atoms with Crippen LogP contribution in [0.15, 0.2) is 0 Å². The van der Waals surface area contributed by atoms with Crippen LogP contribution in [0.25, 0.3) is 0 Å². The first kappa shape index (κ1) is 25.2. The van der Waals surface area contributed by atoms with Gasteiger partial charge in [-0.15, -0.1) is 12.4 Å². The van der Waals surface area contributed by atoms with Crippen LogP contribution in [-0.4, -0.2) is 32.2 Å². The number of nitrogens with two attached hydrogens (primary N) is 1. The molecule has 1 aliphatic rings. The predicted molar refractivity (Wildman–Crippen MR) is 115 cm³/mol. The highest BCUT2D eigenvalue weighted by atomic mass is 35.5. The van der Waals surface area contributed by atoms with Crippen LogP contribution >= 0.6 is 12.4 Å². The molecule has 152 valence electrons. The quantitative estimate of drug-likeness (QED) is 0.513. The van der Waals surface area contributed by atoms with Gasteiger partial charge in [0.15, 0.2) is 0 Å². The molecule has 1 saturated carbocycles.